The Bertz CT molecular complexity index is 167. The number of carbonyl (C=O) groups excluding carboxylic acids is 1. The van der Waals surface area contributed by atoms with Crippen molar-refractivity contribution in [3.05, 3.63) is 0 Å². The van der Waals surface area contributed by atoms with Crippen LogP contribution in [0.2, 0.25) is 0 Å². The molecule has 4 heteroatoms. The van der Waals surface area contributed by atoms with E-state index in [-0.39, 0.29) is 24.3 Å². The first-order valence-electron chi connectivity index (χ1n) is 5.27. The van der Waals surface area contributed by atoms with Gasteiger partial charge in [-0.25, -0.2) is 0 Å². The Kier molecular flexibility index (Phi) is 6.52. The highest BCUT2D eigenvalue weighted by atomic mass is 16.5. The molecule has 0 aromatic heterocycles. The fraction of sp³-hybridized carbons (Fsp3) is 0.909. The zero-order valence-corrected chi connectivity index (χ0v) is 10.6. The molecule has 0 bridgehead atoms. The van der Waals surface area contributed by atoms with E-state index in [4.69, 9.17) is 9.47 Å². The van der Waals surface area contributed by atoms with Crippen molar-refractivity contribution in [3.63, 3.8) is 0 Å². The number of methoxy groups -OCH3 is 2. The Morgan fingerprint density at radius 2 is 1.27 bits per heavy atom. The van der Waals surface area contributed by atoms with Crippen LogP contribution < -0.4 is 0 Å². The van der Waals surface area contributed by atoms with Gasteiger partial charge in [0.05, 0.1) is 0 Å². The lowest BCUT2D eigenvalue weighted by Crippen LogP contribution is -2.49. The highest BCUT2D eigenvalue weighted by Crippen LogP contribution is 2.18. The SMILES string of the molecule is COC(C(C)C)N(C=O)C(OC)C(C)C. The largest absolute Gasteiger partial charge is 0.361 e. The molecule has 0 aromatic rings. The summed E-state index contributed by atoms with van der Waals surface area (Å²) in [5.74, 6) is 0.466. The number of amides is 1. The molecule has 0 rings (SSSR count). The third kappa shape index (κ3) is 3.80. The summed E-state index contributed by atoms with van der Waals surface area (Å²) in [4.78, 5) is 12.7. The maximum absolute atomic E-state index is 11.1. The molecular formula is C11H23NO3. The highest BCUT2D eigenvalue weighted by Gasteiger charge is 2.29. The minimum absolute atomic E-state index is 0.233. The van der Waals surface area contributed by atoms with Gasteiger partial charge in [-0.05, 0) is 11.8 Å². The molecule has 0 saturated carbocycles. The summed E-state index contributed by atoms with van der Waals surface area (Å²) in [5.41, 5.74) is 0. The van der Waals surface area contributed by atoms with E-state index in [0.29, 0.717) is 0 Å². The molecule has 2 atom stereocenters. The zero-order chi connectivity index (χ0) is 12.0. The zero-order valence-electron chi connectivity index (χ0n) is 10.6. The number of hydrogen-bond donors (Lipinski definition) is 0. The summed E-state index contributed by atoms with van der Waals surface area (Å²) in [6.07, 6.45) is 0.312. The van der Waals surface area contributed by atoms with E-state index in [0.717, 1.165) is 6.41 Å². The minimum atomic E-state index is -0.241. The van der Waals surface area contributed by atoms with Crippen molar-refractivity contribution in [1.82, 2.24) is 4.90 Å². The fourth-order valence-corrected chi connectivity index (χ4v) is 1.74. The summed E-state index contributed by atoms with van der Waals surface area (Å²) >= 11 is 0. The van der Waals surface area contributed by atoms with Gasteiger partial charge in [0, 0.05) is 14.2 Å². The number of rotatable bonds is 7. The molecule has 0 aliphatic heterocycles. The second-order valence-corrected chi connectivity index (χ2v) is 4.29. The van der Waals surface area contributed by atoms with Gasteiger partial charge in [0.2, 0.25) is 6.41 Å². The molecule has 0 heterocycles. The van der Waals surface area contributed by atoms with Gasteiger partial charge in [0.15, 0.2) is 0 Å². The maximum atomic E-state index is 11.1. The molecule has 0 saturated heterocycles. The maximum Gasteiger partial charge on any atom is 0.213 e. The first-order valence-corrected chi connectivity index (χ1v) is 5.27. The van der Waals surface area contributed by atoms with Gasteiger partial charge in [0.1, 0.15) is 12.5 Å². The van der Waals surface area contributed by atoms with Gasteiger partial charge >= 0.3 is 0 Å². The molecule has 90 valence electrons. The molecule has 15 heavy (non-hydrogen) atoms. The summed E-state index contributed by atoms with van der Waals surface area (Å²) in [5, 5.41) is 0. The van der Waals surface area contributed by atoms with Crippen molar-refractivity contribution < 1.29 is 14.3 Å². The average Bonchev–Trinajstić information content (AvgIpc) is 2.16. The standard InChI is InChI=1S/C11H23NO3/c1-8(2)10(14-5)12(7-13)11(15-6)9(3)4/h7-11H,1-6H3. The van der Waals surface area contributed by atoms with Crippen molar-refractivity contribution >= 4 is 6.41 Å². The monoisotopic (exact) mass is 217 g/mol. The van der Waals surface area contributed by atoms with Crippen LogP contribution in [-0.2, 0) is 14.3 Å². The predicted molar refractivity (Wildman–Crippen MR) is 59.2 cm³/mol. The summed E-state index contributed by atoms with van der Waals surface area (Å²) in [7, 11) is 3.21. The second-order valence-electron chi connectivity index (χ2n) is 4.29. The van der Waals surface area contributed by atoms with E-state index < -0.39 is 0 Å². The number of carbonyl (C=O) groups is 1. The van der Waals surface area contributed by atoms with E-state index in [1.165, 1.54) is 0 Å². The van der Waals surface area contributed by atoms with Gasteiger partial charge in [-0.3, -0.25) is 9.69 Å². The van der Waals surface area contributed by atoms with Crippen molar-refractivity contribution in [1.29, 1.82) is 0 Å². The molecule has 0 N–H and O–H groups in total. The van der Waals surface area contributed by atoms with E-state index in [2.05, 4.69) is 0 Å². The third-order valence-corrected chi connectivity index (χ3v) is 2.33. The number of hydrogen-bond acceptors (Lipinski definition) is 3. The molecular weight excluding hydrogens is 194 g/mol. The van der Waals surface area contributed by atoms with Crippen molar-refractivity contribution in [2.24, 2.45) is 11.8 Å². The Balaban J connectivity index is 4.76. The highest BCUT2D eigenvalue weighted by molar-refractivity contribution is 5.48. The lowest BCUT2D eigenvalue weighted by Gasteiger charge is -2.37. The summed E-state index contributed by atoms with van der Waals surface area (Å²) in [6, 6.07) is 0. The van der Waals surface area contributed by atoms with Gasteiger partial charge in [-0.2, -0.15) is 0 Å². The molecule has 0 fully saturated rings. The van der Waals surface area contributed by atoms with E-state index in [9.17, 15) is 4.79 Å². The molecule has 0 spiro atoms. The first-order chi connectivity index (χ1) is 6.99. The van der Waals surface area contributed by atoms with Gasteiger partial charge in [-0.15, -0.1) is 0 Å². The topological polar surface area (TPSA) is 38.8 Å². The molecule has 0 aliphatic carbocycles. The van der Waals surface area contributed by atoms with Gasteiger partial charge in [-0.1, -0.05) is 27.7 Å². The van der Waals surface area contributed by atoms with Crippen LogP contribution in [0.3, 0.4) is 0 Å². The fourth-order valence-electron chi connectivity index (χ4n) is 1.74. The lowest BCUT2D eigenvalue weighted by molar-refractivity contribution is -0.171. The summed E-state index contributed by atoms with van der Waals surface area (Å²) in [6.45, 7) is 8.05. The van der Waals surface area contributed by atoms with E-state index in [1.54, 1.807) is 19.1 Å². The molecule has 0 radical (unpaired) electrons. The van der Waals surface area contributed by atoms with Crippen LogP contribution in [0.25, 0.3) is 0 Å². The van der Waals surface area contributed by atoms with Crippen molar-refractivity contribution in [3.8, 4) is 0 Å². The van der Waals surface area contributed by atoms with Gasteiger partial charge < -0.3 is 9.47 Å². The normalized spacial score (nSPS) is 15.5. The Labute approximate surface area is 92.5 Å². The molecule has 4 nitrogen and oxygen atoms in total. The number of nitrogens with zero attached hydrogens (tertiary/aromatic N) is 1. The Morgan fingerprint density at radius 1 is 0.933 bits per heavy atom. The quantitative estimate of drug-likeness (QED) is 0.481. The predicted octanol–water partition coefficient (Wildman–Crippen LogP) is 1.70. The van der Waals surface area contributed by atoms with Crippen LogP contribution in [0.5, 0.6) is 0 Å². The van der Waals surface area contributed by atoms with Crippen LogP contribution in [-0.4, -0.2) is 38.0 Å². The smallest absolute Gasteiger partial charge is 0.213 e. The summed E-state index contributed by atoms with van der Waals surface area (Å²) < 4.78 is 10.6. The van der Waals surface area contributed by atoms with Crippen molar-refractivity contribution in [2.45, 2.75) is 40.2 Å². The van der Waals surface area contributed by atoms with Crippen LogP contribution in [0.15, 0.2) is 0 Å². The van der Waals surface area contributed by atoms with Crippen molar-refractivity contribution in [2.75, 3.05) is 14.2 Å². The minimum Gasteiger partial charge on any atom is -0.361 e. The first kappa shape index (κ1) is 14.4. The molecule has 1 amide bonds. The second kappa shape index (κ2) is 6.80. The van der Waals surface area contributed by atoms with Crippen LogP contribution in [0.4, 0.5) is 0 Å². The molecule has 2 unspecified atom stereocenters. The average molecular weight is 217 g/mol. The lowest BCUT2D eigenvalue weighted by atomic mass is 10.1. The number of ether oxygens (including phenoxy) is 2. The Morgan fingerprint density at radius 3 is 1.40 bits per heavy atom. The molecule has 0 aliphatic rings. The van der Waals surface area contributed by atoms with Crippen LogP contribution in [0, 0.1) is 11.8 Å². The van der Waals surface area contributed by atoms with Crippen LogP contribution >= 0.6 is 0 Å². The third-order valence-electron chi connectivity index (χ3n) is 2.33. The Hall–Kier alpha value is -0.610. The van der Waals surface area contributed by atoms with Crippen LogP contribution in [0.1, 0.15) is 27.7 Å². The van der Waals surface area contributed by atoms with E-state index >= 15 is 0 Å². The van der Waals surface area contributed by atoms with Gasteiger partial charge in [0.25, 0.3) is 0 Å². The van der Waals surface area contributed by atoms with E-state index in [1.807, 2.05) is 27.7 Å². The molecule has 0 aromatic carbocycles.